The minimum absolute atomic E-state index is 0.345. The van der Waals surface area contributed by atoms with Gasteiger partial charge < -0.3 is 21.7 Å². The summed E-state index contributed by atoms with van der Waals surface area (Å²) in [5.41, 5.74) is 10.4. The molecule has 0 amide bonds. The van der Waals surface area contributed by atoms with E-state index in [1.807, 2.05) is 0 Å². The highest BCUT2D eigenvalue weighted by Gasteiger charge is 2.09. The van der Waals surface area contributed by atoms with E-state index in [2.05, 4.69) is 6.92 Å². The van der Waals surface area contributed by atoms with Gasteiger partial charge in [-0.3, -0.25) is 9.59 Å². The summed E-state index contributed by atoms with van der Waals surface area (Å²) in [7, 11) is 0. The first-order valence-corrected chi connectivity index (χ1v) is 11.4. The number of carboxylic acids is 2. The van der Waals surface area contributed by atoms with E-state index in [9.17, 15) is 9.59 Å². The highest BCUT2D eigenvalue weighted by Crippen LogP contribution is 2.12. The zero-order valence-electron chi connectivity index (χ0n) is 18.2. The van der Waals surface area contributed by atoms with Gasteiger partial charge in [-0.2, -0.15) is 0 Å². The van der Waals surface area contributed by atoms with Crippen molar-refractivity contribution in [1.29, 1.82) is 0 Å². The Bertz CT molecular complexity index is 351. The Balaban J connectivity index is 0. The van der Waals surface area contributed by atoms with E-state index in [4.69, 9.17) is 21.7 Å². The maximum atomic E-state index is 10.3. The quantitative estimate of drug-likeness (QED) is 0.223. The number of aliphatic carboxylic acids is 2. The molecule has 0 heterocycles. The highest BCUT2D eigenvalue weighted by atomic mass is 16.4. The van der Waals surface area contributed by atoms with Crippen molar-refractivity contribution in [1.82, 2.24) is 0 Å². The predicted octanol–water partition coefficient (Wildman–Crippen LogP) is 5.08. The summed E-state index contributed by atoms with van der Waals surface area (Å²) in [4.78, 5) is 20.4. The zero-order chi connectivity index (χ0) is 21.5. The molecule has 0 bridgehead atoms. The summed E-state index contributed by atoms with van der Waals surface area (Å²) >= 11 is 0. The molecule has 6 heteroatoms. The van der Waals surface area contributed by atoms with Crippen molar-refractivity contribution in [3.05, 3.63) is 0 Å². The van der Waals surface area contributed by atoms with Crippen LogP contribution in [0.5, 0.6) is 0 Å². The zero-order valence-corrected chi connectivity index (χ0v) is 18.2. The molecular weight excluding hydrogens is 356 g/mol. The molecule has 28 heavy (non-hydrogen) atoms. The van der Waals surface area contributed by atoms with Gasteiger partial charge in [0.2, 0.25) is 0 Å². The Hall–Kier alpha value is -1.14. The Morgan fingerprint density at radius 3 is 1.50 bits per heavy atom. The second kappa shape index (κ2) is 23.9. The molecule has 0 saturated carbocycles. The number of carboxylic acid groups (broad SMARTS) is 2. The highest BCUT2D eigenvalue weighted by molar-refractivity contribution is 5.72. The van der Waals surface area contributed by atoms with Crippen molar-refractivity contribution in [3.8, 4) is 0 Å². The second-order valence-electron chi connectivity index (χ2n) is 7.62. The molecule has 168 valence electrons. The molecule has 0 rings (SSSR count). The fourth-order valence-electron chi connectivity index (χ4n) is 2.93. The molecule has 0 fully saturated rings. The first-order valence-electron chi connectivity index (χ1n) is 11.4. The van der Waals surface area contributed by atoms with Crippen molar-refractivity contribution < 1.29 is 19.8 Å². The fraction of sp³-hybridized carbons (Fsp3) is 0.909. The normalized spacial score (nSPS) is 11.5. The molecule has 0 radical (unpaired) electrons. The minimum atomic E-state index is -0.933. The van der Waals surface area contributed by atoms with Crippen LogP contribution in [0.15, 0.2) is 0 Å². The average molecular weight is 403 g/mol. The van der Waals surface area contributed by atoms with E-state index in [0.29, 0.717) is 19.4 Å². The Morgan fingerprint density at radius 2 is 1.14 bits per heavy atom. The molecular formula is C22H46N2O4. The van der Waals surface area contributed by atoms with Gasteiger partial charge in [-0.1, -0.05) is 90.4 Å². The van der Waals surface area contributed by atoms with Crippen molar-refractivity contribution in [2.45, 2.75) is 122 Å². The van der Waals surface area contributed by atoms with Gasteiger partial charge in [-0.15, -0.1) is 0 Å². The molecule has 0 aliphatic heterocycles. The van der Waals surface area contributed by atoms with Gasteiger partial charge in [0.15, 0.2) is 0 Å². The van der Waals surface area contributed by atoms with Crippen LogP contribution in [0.3, 0.4) is 0 Å². The number of unbranched alkanes of at least 4 members (excludes halogenated alkanes) is 13. The van der Waals surface area contributed by atoms with Crippen LogP contribution in [0.4, 0.5) is 0 Å². The van der Waals surface area contributed by atoms with E-state index in [-0.39, 0.29) is 0 Å². The molecule has 0 aromatic heterocycles. The third-order valence-corrected chi connectivity index (χ3v) is 4.78. The summed E-state index contributed by atoms with van der Waals surface area (Å²) in [5.74, 6) is -1.59. The van der Waals surface area contributed by atoms with Gasteiger partial charge in [-0.05, 0) is 25.8 Å². The van der Waals surface area contributed by atoms with Crippen LogP contribution < -0.4 is 11.5 Å². The summed E-state index contributed by atoms with van der Waals surface area (Å²) in [6, 6.07) is -0.716. The summed E-state index contributed by atoms with van der Waals surface area (Å²) in [6.45, 7) is 2.86. The molecule has 0 aliphatic rings. The van der Waals surface area contributed by atoms with Gasteiger partial charge in [0, 0.05) is 6.42 Å². The maximum Gasteiger partial charge on any atom is 0.320 e. The SMILES string of the molecule is CCCCCCCCCCCCCCCC(=O)O.NCCCCC(N)C(=O)O. The summed E-state index contributed by atoms with van der Waals surface area (Å²) in [6.07, 6.45) is 19.4. The fourth-order valence-corrected chi connectivity index (χ4v) is 2.93. The lowest BCUT2D eigenvalue weighted by atomic mass is 10.0. The van der Waals surface area contributed by atoms with Crippen LogP contribution >= 0.6 is 0 Å². The molecule has 6 nitrogen and oxygen atoms in total. The number of hydrogen-bond acceptors (Lipinski definition) is 4. The minimum Gasteiger partial charge on any atom is -0.481 e. The van der Waals surface area contributed by atoms with E-state index >= 15 is 0 Å². The molecule has 0 spiro atoms. The van der Waals surface area contributed by atoms with Gasteiger partial charge in [0.25, 0.3) is 0 Å². The Kier molecular flexibility index (Phi) is 24.8. The van der Waals surface area contributed by atoms with Crippen LogP contribution in [-0.4, -0.2) is 34.7 Å². The molecule has 0 aromatic carbocycles. The van der Waals surface area contributed by atoms with Crippen molar-refractivity contribution in [2.75, 3.05) is 6.54 Å². The lowest BCUT2D eigenvalue weighted by molar-refractivity contribution is -0.139. The molecule has 0 saturated heterocycles. The second-order valence-corrected chi connectivity index (χ2v) is 7.62. The third-order valence-electron chi connectivity index (χ3n) is 4.78. The molecule has 0 aromatic rings. The van der Waals surface area contributed by atoms with Crippen LogP contribution in [-0.2, 0) is 9.59 Å². The summed E-state index contributed by atoms with van der Waals surface area (Å²) in [5, 5.41) is 16.8. The number of rotatable bonds is 19. The average Bonchev–Trinajstić information content (AvgIpc) is 2.66. The first kappa shape index (κ1) is 29.1. The van der Waals surface area contributed by atoms with E-state index in [1.54, 1.807) is 0 Å². The monoisotopic (exact) mass is 402 g/mol. The van der Waals surface area contributed by atoms with Crippen molar-refractivity contribution >= 4 is 11.9 Å². The van der Waals surface area contributed by atoms with Gasteiger partial charge in [0.05, 0.1) is 0 Å². The van der Waals surface area contributed by atoms with Crippen LogP contribution in [0.2, 0.25) is 0 Å². The van der Waals surface area contributed by atoms with Crippen LogP contribution in [0.1, 0.15) is 116 Å². The molecule has 1 atom stereocenters. The maximum absolute atomic E-state index is 10.3. The van der Waals surface area contributed by atoms with Crippen molar-refractivity contribution in [2.24, 2.45) is 11.5 Å². The molecule has 6 N–H and O–H groups in total. The Labute approximate surface area is 172 Å². The number of nitrogens with two attached hydrogens (primary N) is 2. The number of hydrogen-bond donors (Lipinski definition) is 4. The molecule has 1 unspecified atom stereocenters. The topological polar surface area (TPSA) is 127 Å². The standard InChI is InChI=1S/C16H32O2.C6H14N2O2/c1-2-3-4-5-6-7-8-9-10-11-12-13-14-15-16(17)18;7-4-2-1-3-5(8)6(9)10/h2-15H2,1H3,(H,17,18);5H,1-4,7-8H2,(H,9,10). The molecule has 0 aliphatic carbocycles. The van der Waals surface area contributed by atoms with Crippen LogP contribution in [0, 0.1) is 0 Å². The predicted molar refractivity (Wildman–Crippen MR) is 116 cm³/mol. The van der Waals surface area contributed by atoms with Crippen LogP contribution in [0.25, 0.3) is 0 Å². The lowest BCUT2D eigenvalue weighted by Gasteiger charge is -2.03. The van der Waals surface area contributed by atoms with Gasteiger partial charge in [0.1, 0.15) is 6.04 Å². The van der Waals surface area contributed by atoms with Gasteiger partial charge >= 0.3 is 11.9 Å². The third kappa shape index (κ3) is 27.1. The smallest absolute Gasteiger partial charge is 0.320 e. The lowest BCUT2D eigenvalue weighted by Crippen LogP contribution is -2.29. The van der Waals surface area contributed by atoms with Gasteiger partial charge in [-0.25, -0.2) is 0 Å². The van der Waals surface area contributed by atoms with E-state index < -0.39 is 18.0 Å². The van der Waals surface area contributed by atoms with Crippen molar-refractivity contribution in [3.63, 3.8) is 0 Å². The van der Waals surface area contributed by atoms with E-state index in [0.717, 1.165) is 25.7 Å². The number of carbonyl (C=O) groups is 2. The van der Waals surface area contributed by atoms with E-state index in [1.165, 1.54) is 70.6 Å². The first-order chi connectivity index (χ1) is 13.5. The Morgan fingerprint density at radius 1 is 0.714 bits per heavy atom. The summed E-state index contributed by atoms with van der Waals surface area (Å²) < 4.78 is 0. The largest absolute Gasteiger partial charge is 0.481 e.